The topological polar surface area (TPSA) is 86.0 Å². The number of fused-ring (bicyclic) bond motifs is 5. The monoisotopic (exact) mass is 439 g/mol. The van der Waals surface area contributed by atoms with E-state index in [0.29, 0.717) is 11.3 Å². The lowest BCUT2D eigenvalue weighted by molar-refractivity contribution is -0.137. The van der Waals surface area contributed by atoms with Gasteiger partial charge in [-0.25, -0.2) is 0 Å². The lowest BCUT2D eigenvalue weighted by Gasteiger charge is -2.61. The van der Waals surface area contributed by atoms with Gasteiger partial charge in [-0.05, 0) is 98.2 Å². The van der Waals surface area contributed by atoms with Gasteiger partial charge in [0.1, 0.15) is 6.07 Å². The average molecular weight is 440 g/mol. The summed E-state index contributed by atoms with van der Waals surface area (Å²) in [6.07, 6.45) is 13.9. The number of hydrogen-bond acceptors (Lipinski definition) is 5. The molecule has 5 nitrogen and oxygen atoms in total. The molecule has 0 aromatic carbocycles. The van der Waals surface area contributed by atoms with Crippen LogP contribution in [0, 0.1) is 63.1 Å². The summed E-state index contributed by atoms with van der Waals surface area (Å²) in [7, 11) is 1.84. The van der Waals surface area contributed by atoms with Crippen LogP contribution in [0.4, 0.5) is 0 Å². The number of nitrogens with one attached hydrogen (secondary N) is 2. The number of rotatable bonds is 7. The minimum Gasteiger partial charge on any atom is -0.384 e. The predicted octanol–water partition coefficient (Wildman–Crippen LogP) is 5.12. The van der Waals surface area contributed by atoms with Gasteiger partial charge in [0.25, 0.3) is 0 Å². The second-order valence-electron chi connectivity index (χ2n) is 11.6. The zero-order chi connectivity index (χ0) is 22.9. The second-order valence-corrected chi connectivity index (χ2v) is 11.6. The van der Waals surface area contributed by atoms with Crippen LogP contribution < -0.4 is 5.32 Å². The summed E-state index contributed by atoms with van der Waals surface area (Å²) in [6.45, 7) is 6.19. The SMILES string of the molecule is COCC1CCC2(C)C(CCC3C2CCC2(C)C(C(=O)CN/C=C(/C#N)C=N)CCC32)C1. The van der Waals surface area contributed by atoms with Crippen molar-refractivity contribution in [1.29, 1.82) is 10.7 Å². The van der Waals surface area contributed by atoms with Crippen LogP contribution in [0.2, 0.25) is 0 Å². The smallest absolute Gasteiger partial charge is 0.155 e. The van der Waals surface area contributed by atoms with E-state index in [4.69, 9.17) is 15.4 Å². The fourth-order valence-corrected chi connectivity index (χ4v) is 8.75. The van der Waals surface area contributed by atoms with Crippen molar-refractivity contribution >= 4 is 12.0 Å². The molecular formula is C27H41N3O2. The van der Waals surface area contributed by atoms with Gasteiger partial charge in [-0.2, -0.15) is 5.26 Å². The van der Waals surface area contributed by atoms with E-state index < -0.39 is 0 Å². The Morgan fingerprint density at radius 1 is 1.12 bits per heavy atom. The standard InChI is InChI=1S/C27H41N3O2/c1-26-10-8-18(17-32-3)12-20(26)4-5-21-22-6-7-24(27(22,2)11-9-23(21)26)25(31)16-30-15-19(13-28)14-29/h13,15,18,20-24,28,30H,4-12,16-17H2,1-3H3/b19-15+,28-13?. The zero-order valence-corrected chi connectivity index (χ0v) is 20.2. The molecule has 4 aliphatic carbocycles. The number of methoxy groups -OCH3 is 1. The molecule has 8 atom stereocenters. The molecular weight excluding hydrogens is 398 g/mol. The molecule has 0 heterocycles. The summed E-state index contributed by atoms with van der Waals surface area (Å²) in [6, 6.07) is 1.95. The highest BCUT2D eigenvalue weighted by Gasteiger charge is 2.61. The Labute approximate surface area is 193 Å². The number of ketones is 1. The van der Waals surface area contributed by atoms with Gasteiger partial charge < -0.3 is 15.5 Å². The average Bonchev–Trinajstić information content (AvgIpc) is 3.14. The van der Waals surface area contributed by atoms with Crippen molar-refractivity contribution in [1.82, 2.24) is 5.32 Å². The lowest BCUT2D eigenvalue weighted by atomic mass is 9.44. The third kappa shape index (κ3) is 3.94. The van der Waals surface area contributed by atoms with Crippen LogP contribution in [-0.4, -0.2) is 32.3 Å². The summed E-state index contributed by atoms with van der Waals surface area (Å²) in [5.74, 6) is 4.28. The zero-order valence-electron chi connectivity index (χ0n) is 20.2. The second kappa shape index (κ2) is 9.29. The number of hydrogen-bond donors (Lipinski definition) is 2. The minimum absolute atomic E-state index is 0.125. The van der Waals surface area contributed by atoms with Gasteiger partial charge in [0.2, 0.25) is 0 Å². The van der Waals surface area contributed by atoms with E-state index >= 15 is 0 Å². The first-order valence-corrected chi connectivity index (χ1v) is 12.7. The first-order chi connectivity index (χ1) is 15.4. The van der Waals surface area contributed by atoms with Crippen molar-refractivity contribution in [3.05, 3.63) is 11.8 Å². The Kier molecular flexibility index (Phi) is 6.82. The van der Waals surface area contributed by atoms with Crippen molar-refractivity contribution in [3.63, 3.8) is 0 Å². The van der Waals surface area contributed by atoms with Crippen LogP contribution in [0.3, 0.4) is 0 Å². The summed E-state index contributed by atoms with van der Waals surface area (Å²) >= 11 is 0. The van der Waals surface area contributed by atoms with Crippen LogP contribution in [-0.2, 0) is 9.53 Å². The van der Waals surface area contributed by atoms with E-state index in [0.717, 1.165) is 42.9 Å². The maximum Gasteiger partial charge on any atom is 0.155 e. The first kappa shape index (κ1) is 23.5. The molecule has 0 radical (unpaired) electrons. The number of nitrogens with zero attached hydrogens (tertiary/aromatic N) is 1. The van der Waals surface area contributed by atoms with Crippen LogP contribution in [0.25, 0.3) is 0 Å². The summed E-state index contributed by atoms with van der Waals surface area (Å²) < 4.78 is 5.49. The quantitative estimate of drug-likeness (QED) is 0.426. The molecule has 4 aliphatic rings. The fourth-order valence-electron chi connectivity index (χ4n) is 8.75. The van der Waals surface area contributed by atoms with E-state index in [1.165, 1.54) is 57.6 Å². The number of allylic oxidation sites excluding steroid dienone is 1. The van der Waals surface area contributed by atoms with E-state index in [1.807, 2.05) is 13.2 Å². The van der Waals surface area contributed by atoms with Gasteiger partial charge in [0, 0.05) is 32.0 Å². The number of carbonyl (C=O) groups excluding carboxylic acids is 1. The molecule has 0 aromatic heterocycles. The van der Waals surface area contributed by atoms with Gasteiger partial charge >= 0.3 is 0 Å². The molecule has 32 heavy (non-hydrogen) atoms. The van der Waals surface area contributed by atoms with Crippen molar-refractivity contribution < 1.29 is 9.53 Å². The Bertz CT molecular complexity index is 801. The third-order valence-corrected chi connectivity index (χ3v) is 10.4. The lowest BCUT2D eigenvalue weighted by Crippen LogP contribution is -2.54. The first-order valence-electron chi connectivity index (χ1n) is 12.7. The number of nitriles is 1. The van der Waals surface area contributed by atoms with Crippen LogP contribution >= 0.6 is 0 Å². The van der Waals surface area contributed by atoms with Crippen molar-refractivity contribution in [3.8, 4) is 6.07 Å². The van der Waals surface area contributed by atoms with E-state index in [1.54, 1.807) is 0 Å². The molecule has 2 N–H and O–H groups in total. The Morgan fingerprint density at radius 3 is 2.59 bits per heavy atom. The number of carbonyl (C=O) groups is 1. The molecule has 0 bridgehead atoms. The molecule has 4 saturated carbocycles. The minimum atomic E-state index is 0.125. The van der Waals surface area contributed by atoms with Crippen LogP contribution in [0.1, 0.15) is 71.6 Å². The van der Waals surface area contributed by atoms with Gasteiger partial charge in [-0.1, -0.05) is 13.8 Å². The third-order valence-electron chi connectivity index (χ3n) is 10.4. The highest BCUT2D eigenvalue weighted by atomic mass is 16.5. The predicted molar refractivity (Wildman–Crippen MR) is 126 cm³/mol. The molecule has 4 fully saturated rings. The van der Waals surface area contributed by atoms with Crippen LogP contribution in [0.5, 0.6) is 0 Å². The Balaban J connectivity index is 1.44. The van der Waals surface area contributed by atoms with Crippen molar-refractivity contribution in [2.45, 2.75) is 71.6 Å². The molecule has 0 spiro atoms. The molecule has 4 rings (SSSR count). The molecule has 5 heteroatoms. The Hall–Kier alpha value is -1.67. The summed E-state index contributed by atoms with van der Waals surface area (Å²) in [4.78, 5) is 13.2. The van der Waals surface area contributed by atoms with E-state index in [-0.39, 0.29) is 29.2 Å². The normalized spacial score (nSPS) is 43.4. The summed E-state index contributed by atoms with van der Waals surface area (Å²) in [5.41, 5.74) is 0.849. The molecule has 0 saturated heterocycles. The van der Waals surface area contributed by atoms with Gasteiger partial charge in [-0.15, -0.1) is 0 Å². The molecule has 176 valence electrons. The Morgan fingerprint density at radius 2 is 1.88 bits per heavy atom. The van der Waals surface area contributed by atoms with Gasteiger partial charge in [-0.3, -0.25) is 4.79 Å². The van der Waals surface area contributed by atoms with E-state index in [2.05, 4.69) is 19.2 Å². The molecule has 0 aliphatic heterocycles. The molecule has 0 amide bonds. The fraction of sp³-hybridized carbons (Fsp3) is 0.815. The number of Topliss-reactive ketones (excluding diaryl/α,β-unsaturated/α-hetero) is 1. The highest BCUT2D eigenvalue weighted by molar-refractivity contribution is 5.85. The largest absolute Gasteiger partial charge is 0.384 e. The van der Waals surface area contributed by atoms with Crippen LogP contribution in [0.15, 0.2) is 11.8 Å². The van der Waals surface area contributed by atoms with Gasteiger partial charge in [0.05, 0.1) is 12.1 Å². The maximum absolute atomic E-state index is 13.2. The highest BCUT2D eigenvalue weighted by Crippen LogP contribution is 2.67. The molecule has 0 aromatic rings. The van der Waals surface area contributed by atoms with Gasteiger partial charge in [0.15, 0.2) is 5.78 Å². The number of ether oxygens (including phenoxy) is 1. The molecule has 8 unspecified atom stereocenters. The maximum atomic E-state index is 13.2. The van der Waals surface area contributed by atoms with Crippen molar-refractivity contribution in [2.75, 3.05) is 20.3 Å². The van der Waals surface area contributed by atoms with E-state index in [9.17, 15) is 4.79 Å². The van der Waals surface area contributed by atoms with Crippen molar-refractivity contribution in [2.24, 2.45) is 46.3 Å². The summed E-state index contributed by atoms with van der Waals surface area (Å²) in [5, 5.41) is 19.2.